The van der Waals surface area contributed by atoms with Gasteiger partial charge in [-0.1, -0.05) is 0 Å². The predicted molar refractivity (Wildman–Crippen MR) is 73.3 cm³/mol. The Morgan fingerprint density at radius 2 is 2.33 bits per heavy atom. The number of amides is 1. The molecule has 0 spiro atoms. The highest BCUT2D eigenvalue weighted by Crippen LogP contribution is 2.12. The third kappa shape index (κ3) is 3.44. The maximum atomic E-state index is 12.0. The molecule has 9 heteroatoms. The Hall–Kier alpha value is -2.71. The minimum Gasteiger partial charge on any atom is -0.349 e. The molecule has 2 aromatic rings. The Morgan fingerprint density at radius 3 is 2.90 bits per heavy atom. The highest BCUT2D eigenvalue weighted by molar-refractivity contribution is 5.79. The van der Waals surface area contributed by atoms with Gasteiger partial charge in [0.15, 0.2) is 0 Å². The van der Waals surface area contributed by atoms with Gasteiger partial charge in [0.2, 0.25) is 5.91 Å². The molecule has 2 aromatic heterocycles. The molecule has 1 N–H and O–H groups in total. The molecular weight excluding hydrogens is 276 g/mol. The van der Waals surface area contributed by atoms with Gasteiger partial charge in [-0.15, -0.1) is 0 Å². The Kier molecular flexibility index (Phi) is 4.31. The first kappa shape index (κ1) is 14.7. The first-order valence-corrected chi connectivity index (χ1v) is 6.50. The molecule has 0 fully saturated rings. The van der Waals surface area contributed by atoms with Crippen LogP contribution in [0.5, 0.6) is 0 Å². The zero-order valence-corrected chi connectivity index (χ0v) is 11.8. The van der Waals surface area contributed by atoms with Crippen molar-refractivity contribution in [2.45, 2.75) is 33.0 Å². The molecule has 2 rings (SSSR count). The number of hydrogen-bond acceptors (Lipinski definition) is 5. The number of aromatic nitrogens is 4. The Balaban J connectivity index is 1.94. The summed E-state index contributed by atoms with van der Waals surface area (Å²) in [7, 11) is 0. The van der Waals surface area contributed by atoms with E-state index in [0.717, 1.165) is 18.4 Å². The first-order valence-electron chi connectivity index (χ1n) is 6.50. The molecule has 0 aliphatic heterocycles. The number of aryl methyl sites for hydroxylation is 1. The number of hydrogen-bond donors (Lipinski definition) is 1. The van der Waals surface area contributed by atoms with Gasteiger partial charge in [-0.2, -0.15) is 10.2 Å². The van der Waals surface area contributed by atoms with Crippen molar-refractivity contribution in [1.29, 1.82) is 0 Å². The van der Waals surface area contributed by atoms with Gasteiger partial charge in [0.25, 0.3) is 0 Å². The molecule has 1 atom stereocenters. The quantitative estimate of drug-likeness (QED) is 0.628. The second-order valence-electron chi connectivity index (χ2n) is 4.49. The van der Waals surface area contributed by atoms with E-state index >= 15 is 0 Å². The van der Waals surface area contributed by atoms with Crippen LogP contribution in [0.4, 0.5) is 5.69 Å². The molecular formula is C12H16N6O3. The molecule has 1 amide bonds. The van der Waals surface area contributed by atoms with Crippen LogP contribution in [-0.2, 0) is 17.9 Å². The van der Waals surface area contributed by atoms with Gasteiger partial charge in [0.05, 0.1) is 17.2 Å². The maximum Gasteiger partial charge on any atom is 0.307 e. The van der Waals surface area contributed by atoms with Crippen molar-refractivity contribution in [3.63, 3.8) is 0 Å². The second-order valence-corrected chi connectivity index (χ2v) is 4.49. The molecule has 0 aliphatic rings. The Morgan fingerprint density at radius 1 is 1.57 bits per heavy atom. The van der Waals surface area contributed by atoms with Crippen molar-refractivity contribution < 1.29 is 9.72 Å². The van der Waals surface area contributed by atoms with Gasteiger partial charge < -0.3 is 5.32 Å². The summed E-state index contributed by atoms with van der Waals surface area (Å²) in [5.74, 6) is -0.279. The Labute approximate surface area is 120 Å². The van der Waals surface area contributed by atoms with Crippen molar-refractivity contribution in [3.8, 4) is 0 Å². The first-order chi connectivity index (χ1) is 10.0. The maximum absolute atomic E-state index is 12.0. The van der Waals surface area contributed by atoms with Crippen LogP contribution < -0.4 is 5.32 Å². The summed E-state index contributed by atoms with van der Waals surface area (Å²) in [5, 5.41) is 21.4. The summed E-state index contributed by atoms with van der Waals surface area (Å²) < 4.78 is 3.03. The van der Waals surface area contributed by atoms with Crippen LogP contribution in [0.3, 0.4) is 0 Å². The lowest BCUT2D eigenvalue weighted by atomic mass is 10.3. The highest BCUT2D eigenvalue weighted by Gasteiger charge is 2.18. The number of nitro groups is 1. The number of nitrogens with one attached hydrogen (secondary N) is 1. The van der Waals surface area contributed by atoms with Crippen molar-refractivity contribution in [3.05, 3.63) is 40.5 Å². The Bertz CT molecular complexity index is 647. The molecule has 2 heterocycles. The lowest BCUT2D eigenvalue weighted by molar-refractivity contribution is -0.385. The molecule has 0 saturated carbocycles. The molecule has 21 heavy (non-hydrogen) atoms. The summed E-state index contributed by atoms with van der Waals surface area (Å²) in [6.07, 6.45) is 4.19. The van der Waals surface area contributed by atoms with E-state index in [-0.39, 0.29) is 11.6 Å². The van der Waals surface area contributed by atoms with Crippen LogP contribution in [0.15, 0.2) is 24.7 Å². The smallest absolute Gasteiger partial charge is 0.307 e. The highest BCUT2D eigenvalue weighted by atomic mass is 16.6. The van der Waals surface area contributed by atoms with Gasteiger partial charge >= 0.3 is 5.69 Å². The van der Waals surface area contributed by atoms with Crippen molar-refractivity contribution in [2.75, 3.05) is 0 Å². The largest absolute Gasteiger partial charge is 0.349 e. The number of nitrogens with zero attached hydrogens (tertiary/aromatic N) is 5. The van der Waals surface area contributed by atoms with Gasteiger partial charge in [-0.25, -0.2) is 0 Å². The van der Waals surface area contributed by atoms with E-state index < -0.39 is 11.0 Å². The molecule has 0 aromatic carbocycles. The summed E-state index contributed by atoms with van der Waals surface area (Å²) in [4.78, 5) is 22.0. The fourth-order valence-corrected chi connectivity index (χ4v) is 1.75. The average Bonchev–Trinajstić information content (AvgIpc) is 3.12. The van der Waals surface area contributed by atoms with Crippen molar-refractivity contribution >= 4 is 11.6 Å². The summed E-state index contributed by atoms with van der Waals surface area (Å²) >= 11 is 0. The number of carbonyl (C=O) groups excluding carboxylic acids is 1. The van der Waals surface area contributed by atoms with Crippen LogP contribution in [0, 0.1) is 10.1 Å². The van der Waals surface area contributed by atoms with E-state index in [4.69, 9.17) is 0 Å². The zero-order chi connectivity index (χ0) is 15.4. The molecule has 0 bridgehead atoms. The van der Waals surface area contributed by atoms with E-state index in [0.29, 0.717) is 6.54 Å². The monoisotopic (exact) mass is 292 g/mol. The third-order valence-electron chi connectivity index (χ3n) is 3.04. The van der Waals surface area contributed by atoms with E-state index in [1.54, 1.807) is 11.6 Å². The summed E-state index contributed by atoms with van der Waals surface area (Å²) in [6.45, 7) is 4.67. The van der Waals surface area contributed by atoms with Gasteiger partial charge in [-0.3, -0.25) is 24.3 Å². The third-order valence-corrected chi connectivity index (χ3v) is 3.04. The lowest BCUT2D eigenvalue weighted by Crippen LogP contribution is -2.31. The fraction of sp³-hybridized carbons (Fsp3) is 0.417. The molecule has 112 valence electrons. The average molecular weight is 292 g/mol. The van der Waals surface area contributed by atoms with E-state index in [9.17, 15) is 14.9 Å². The summed E-state index contributed by atoms with van der Waals surface area (Å²) in [5.41, 5.74) is 0.611. The zero-order valence-electron chi connectivity index (χ0n) is 11.8. The van der Waals surface area contributed by atoms with Crippen LogP contribution in [0.2, 0.25) is 0 Å². The second kappa shape index (κ2) is 6.16. The normalized spacial score (nSPS) is 12.1. The van der Waals surface area contributed by atoms with Gasteiger partial charge in [0.1, 0.15) is 18.4 Å². The van der Waals surface area contributed by atoms with Gasteiger partial charge in [-0.05, 0) is 19.9 Å². The van der Waals surface area contributed by atoms with E-state index in [2.05, 4.69) is 15.5 Å². The standard InChI is InChI=1S/C12H16N6O3/c1-3-16-5-4-10(15-16)6-13-12(19)9(2)17-8-11(7-14-17)18(20)21/h4-5,7-9H,3,6H2,1-2H3,(H,13,19). The van der Waals surface area contributed by atoms with Gasteiger partial charge in [0, 0.05) is 12.7 Å². The van der Waals surface area contributed by atoms with E-state index in [1.165, 1.54) is 10.9 Å². The number of rotatable bonds is 6. The molecule has 9 nitrogen and oxygen atoms in total. The topological polar surface area (TPSA) is 108 Å². The molecule has 0 saturated heterocycles. The molecule has 0 radical (unpaired) electrons. The SMILES string of the molecule is CCn1ccc(CNC(=O)C(C)n2cc([N+](=O)[O-])cn2)n1. The minimum absolute atomic E-state index is 0.142. The van der Waals surface area contributed by atoms with Crippen LogP contribution >= 0.6 is 0 Å². The predicted octanol–water partition coefficient (Wildman–Crippen LogP) is 0.885. The number of carbonyl (C=O) groups is 1. The van der Waals surface area contributed by atoms with Crippen molar-refractivity contribution in [1.82, 2.24) is 24.9 Å². The van der Waals surface area contributed by atoms with E-state index in [1.807, 2.05) is 19.2 Å². The summed E-state index contributed by atoms with van der Waals surface area (Å²) in [6, 6.07) is 1.19. The lowest BCUT2D eigenvalue weighted by Gasteiger charge is -2.11. The van der Waals surface area contributed by atoms with Crippen LogP contribution in [0.25, 0.3) is 0 Å². The molecule has 0 aliphatic carbocycles. The van der Waals surface area contributed by atoms with Crippen molar-refractivity contribution in [2.24, 2.45) is 0 Å². The van der Waals surface area contributed by atoms with Crippen LogP contribution in [-0.4, -0.2) is 30.4 Å². The van der Waals surface area contributed by atoms with Crippen LogP contribution in [0.1, 0.15) is 25.6 Å². The molecule has 1 unspecified atom stereocenters. The fourth-order valence-electron chi connectivity index (χ4n) is 1.75. The minimum atomic E-state index is -0.632.